The van der Waals surface area contributed by atoms with Crippen molar-refractivity contribution in [2.24, 2.45) is 5.10 Å². The maximum Gasteiger partial charge on any atom is 0.270 e. The first-order valence-electron chi connectivity index (χ1n) is 9.34. The minimum Gasteiger partial charge on any atom is -0.455 e. The van der Waals surface area contributed by atoms with Crippen LogP contribution in [0.15, 0.2) is 70.2 Å². The molecule has 11 nitrogen and oxygen atoms in total. The lowest BCUT2D eigenvalue weighted by molar-refractivity contribution is -0.384. The number of nitrogens with zero attached hydrogens (tertiary/aromatic N) is 6. The van der Waals surface area contributed by atoms with Crippen LogP contribution in [0, 0.1) is 10.1 Å². The summed E-state index contributed by atoms with van der Waals surface area (Å²) in [5.41, 5.74) is 3.61. The van der Waals surface area contributed by atoms with Gasteiger partial charge in [0.15, 0.2) is 5.82 Å². The van der Waals surface area contributed by atoms with E-state index in [-0.39, 0.29) is 22.4 Å². The molecule has 33 heavy (non-hydrogen) atoms. The van der Waals surface area contributed by atoms with Crippen molar-refractivity contribution >= 4 is 41.4 Å². The van der Waals surface area contributed by atoms with Gasteiger partial charge < -0.3 is 4.42 Å². The van der Waals surface area contributed by atoms with Crippen LogP contribution >= 0.6 is 23.5 Å². The molecule has 0 saturated carbocycles. The average Bonchev–Trinajstić information content (AvgIpc) is 3.48. The smallest absolute Gasteiger partial charge is 0.270 e. The number of tetrazole rings is 1. The molecule has 0 atom stereocenters. The molecule has 0 fully saturated rings. The Hall–Kier alpha value is -4.03. The molecule has 0 aliphatic carbocycles. The maximum absolute atomic E-state index is 12.1. The number of hydrogen-bond acceptors (Lipinski definition) is 9. The number of nitrogens with one attached hydrogen (secondary N) is 1. The summed E-state index contributed by atoms with van der Waals surface area (Å²) >= 11 is 7.23. The first kappa shape index (κ1) is 22.2. The quantitative estimate of drug-likeness (QED) is 0.226. The first-order chi connectivity index (χ1) is 16.0. The van der Waals surface area contributed by atoms with Gasteiger partial charge in [-0.25, -0.2) is 5.43 Å². The number of halogens is 1. The zero-order chi connectivity index (χ0) is 23.2. The van der Waals surface area contributed by atoms with Gasteiger partial charge in [0.2, 0.25) is 0 Å². The van der Waals surface area contributed by atoms with Crippen LogP contribution in [-0.4, -0.2) is 42.4 Å². The summed E-state index contributed by atoms with van der Waals surface area (Å²) in [6, 6.07) is 16.7. The molecule has 0 unspecified atom stereocenters. The topological polar surface area (TPSA) is 141 Å². The standard InChI is InChI=1S/C20H14ClN7O4S/c21-17-10-14(28(30)31)6-8-16(17)18-9-7-15(32-18)11-22-23-19(29)12-33-27-20(24-25-26-27)13-4-2-1-3-5-13/h1-11H,12H2,(H,23,29)/b22-11-. The van der Waals surface area contributed by atoms with E-state index in [1.54, 1.807) is 12.1 Å². The number of benzene rings is 2. The molecular weight excluding hydrogens is 470 g/mol. The number of carbonyl (C=O) groups excluding carboxylic acids is 1. The van der Waals surface area contributed by atoms with Crippen LogP contribution < -0.4 is 5.43 Å². The monoisotopic (exact) mass is 483 g/mol. The molecule has 0 spiro atoms. The fourth-order valence-corrected chi connectivity index (χ4v) is 3.65. The van der Waals surface area contributed by atoms with Crippen LogP contribution in [0.3, 0.4) is 0 Å². The Balaban J connectivity index is 1.33. The van der Waals surface area contributed by atoms with E-state index in [1.807, 2.05) is 30.3 Å². The van der Waals surface area contributed by atoms with Gasteiger partial charge in [-0.3, -0.25) is 14.9 Å². The number of non-ortho nitro benzene ring substituents is 1. The Labute approximate surface area is 195 Å². The van der Waals surface area contributed by atoms with Gasteiger partial charge in [0.25, 0.3) is 11.6 Å². The molecule has 2 aromatic heterocycles. The lowest BCUT2D eigenvalue weighted by Crippen LogP contribution is -2.20. The lowest BCUT2D eigenvalue weighted by Gasteiger charge is -2.03. The highest BCUT2D eigenvalue weighted by atomic mass is 35.5. The Morgan fingerprint density at radius 1 is 1.24 bits per heavy atom. The van der Waals surface area contributed by atoms with Crippen molar-refractivity contribution < 1.29 is 14.1 Å². The zero-order valence-electron chi connectivity index (χ0n) is 16.7. The van der Waals surface area contributed by atoms with E-state index >= 15 is 0 Å². The minimum atomic E-state index is -0.529. The number of carbonyl (C=O) groups is 1. The van der Waals surface area contributed by atoms with Crippen molar-refractivity contribution in [3.8, 4) is 22.7 Å². The van der Waals surface area contributed by atoms with E-state index in [4.69, 9.17) is 16.0 Å². The van der Waals surface area contributed by atoms with Gasteiger partial charge in [0.05, 0.1) is 21.9 Å². The SMILES string of the molecule is O=C(CSn1nnnc1-c1ccccc1)N/N=C\c1ccc(-c2ccc([N+](=O)[O-])cc2Cl)o1. The lowest BCUT2D eigenvalue weighted by atomic mass is 10.1. The van der Waals surface area contributed by atoms with E-state index in [9.17, 15) is 14.9 Å². The number of nitro benzene ring substituents is 1. The summed E-state index contributed by atoms with van der Waals surface area (Å²) in [5, 5.41) is 26.4. The van der Waals surface area contributed by atoms with Gasteiger partial charge in [0, 0.05) is 23.3 Å². The summed E-state index contributed by atoms with van der Waals surface area (Å²) in [5.74, 6) is 0.967. The number of amides is 1. The third-order valence-electron chi connectivity index (χ3n) is 4.23. The van der Waals surface area contributed by atoms with Crippen LogP contribution in [0.5, 0.6) is 0 Å². The van der Waals surface area contributed by atoms with E-state index in [0.29, 0.717) is 22.9 Å². The Bertz CT molecular complexity index is 1320. The summed E-state index contributed by atoms with van der Waals surface area (Å²) in [4.78, 5) is 22.4. The van der Waals surface area contributed by atoms with Crippen LogP contribution in [0.1, 0.15) is 5.76 Å². The first-order valence-corrected chi connectivity index (χ1v) is 10.7. The van der Waals surface area contributed by atoms with Crippen LogP contribution in [0.2, 0.25) is 5.02 Å². The summed E-state index contributed by atoms with van der Waals surface area (Å²) in [6.07, 6.45) is 1.33. The van der Waals surface area contributed by atoms with Gasteiger partial charge in [-0.05, 0) is 40.6 Å². The normalized spacial score (nSPS) is 11.1. The number of rotatable bonds is 8. The molecule has 1 amide bonds. The van der Waals surface area contributed by atoms with Crippen LogP contribution in [-0.2, 0) is 4.79 Å². The van der Waals surface area contributed by atoms with E-state index in [2.05, 4.69) is 26.1 Å². The second-order valence-electron chi connectivity index (χ2n) is 6.43. The third-order valence-corrected chi connectivity index (χ3v) is 5.42. The summed E-state index contributed by atoms with van der Waals surface area (Å²) in [7, 11) is 0. The Morgan fingerprint density at radius 2 is 2.06 bits per heavy atom. The van der Waals surface area contributed by atoms with E-state index < -0.39 is 4.92 Å². The maximum atomic E-state index is 12.1. The predicted octanol–water partition coefficient (Wildman–Crippen LogP) is 3.81. The summed E-state index contributed by atoms with van der Waals surface area (Å²) < 4.78 is 7.09. The fourth-order valence-electron chi connectivity index (χ4n) is 2.73. The average molecular weight is 484 g/mol. The van der Waals surface area contributed by atoms with Crippen molar-refractivity contribution in [1.29, 1.82) is 0 Å². The highest BCUT2D eigenvalue weighted by Crippen LogP contribution is 2.32. The number of hydrogen-bond donors (Lipinski definition) is 1. The summed E-state index contributed by atoms with van der Waals surface area (Å²) in [6.45, 7) is 0. The van der Waals surface area contributed by atoms with Crippen LogP contribution in [0.25, 0.3) is 22.7 Å². The molecule has 2 heterocycles. The van der Waals surface area contributed by atoms with Crippen molar-refractivity contribution in [2.75, 3.05) is 5.75 Å². The largest absolute Gasteiger partial charge is 0.455 e. The van der Waals surface area contributed by atoms with Crippen molar-refractivity contribution in [3.05, 3.63) is 81.6 Å². The number of hydrazone groups is 1. The highest BCUT2D eigenvalue weighted by molar-refractivity contribution is 7.98. The van der Waals surface area contributed by atoms with Crippen LogP contribution in [0.4, 0.5) is 5.69 Å². The number of nitro groups is 1. The van der Waals surface area contributed by atoms with Gasteiger partial charge in [-0.1, -0.05) is 41.9 Å². The molecule has 0 radical (unpaired) electrons. The van der Waals surface area contributed by atoms with E-state index in [0.717, 1.165) is 17.5 Å². The molecule has 4 aromatic rings. The third kappa shape index (κ3) is 5.42. The molecule has 1 N–H and O–H groups in total. The van der Waals surface area contributed by atoms with Gasteiger partial charge in [-0.2, -0.15) is 9.19 Å². The van der Waals surface area contributed by atoms with Crippen molar-refractivity contribution in [1.82, 2.24) is 25.0 Å². The van der Waals surface area contributed by atoms with E-state index in [1.165, 1.54) is 28.5 Å². The Kier molecular flexibility index (Phi) is 6.76. The molecule has 0 aliphatic heterocycles. The Morgan fingerprint density at radius 3 is 2.82 bits per heavy atom. The minimum absolute atomic E-state index is 0.0318. The number of aromatic nitrogens is 4. The van der Waals surface area contributed by atoms with Gasteiger partial charge in [0.1, 0.15) is 11.5 Å². The molecule has 2 aromatic carbocycles. The van der Waals surface area contributed by atoms with Crippen molar-refractivity contribution in [3.63, 3.8) is 0 Å². The molecular formula is C20H14ClN7O4S. The van der Waals surface area contributed by atoms with Crippen molar-refractivity contribution in [2.45, 2.75) is 0 Å². The zero-order valence-corrected chi connectivity index (χ0v) is 18.2. The molecule has 0 aliphatic rings. The molecule has 0 saturated heterocycles. The second kappa shape index (κ2) is 10.1. The number of furan rings is 1. The van der Waals surface area contributed by atoms with Gasteiger partial charge in [-0.15, -0.1) is 5.10 Å². The molecule has 4 rings (SSSR count). The predicted molar refractivity (Wildman–Crippen MR) is 123 cm³/mol. The highest BCUT2D eigenvalue weighted by Gasteiger charge is 2.14. The second-order valence-corrected chi connectivity index (χ2v) is 7.73. The molecule has 166 valence electrons. The fraction of sp³-hybridized carbons (Fsp3) is 0.0500. The molecule has 0 bridgehead atoms. The van der Waals surface area contributed by atoms with Gasteiger partial charge >= 0.3 is 0 Å². The molecule has 13 heteroatoms.